The average molecular weight is 466 g/mol. The molecule has 0 unspecified atom stereocenters. The van der Waals surface area contributed by atoms with Crippen molar-refractivity contribution in [2.24, 2.45) is 5.92 Å². The third kappa shape index (κ3) is 3.82. The van der Waals surface area contributed by atoms with Crippen LogP contribution in [0, 0.1) is 5.92 Å². The molecule has 3 atom stereocenters. The molecular formula is C26H31N3O3S. The van der Waals surface area contributed by atoms with Crippen LogP contribution in [0.5, 0.6) is 5.75 Å². The molecule has 3 aromatic rings. The first-order valence-electron chi connectivity index (χ1n) is 11.7. The van der Waals surface area contributed by atoms with Gasteiger partial charge in [0, 0.05) is 12.6 Å². The predicted octanol–water partition coefficient (Wildman–Crippen LogP) is 4.82. The molecule has 6 nitrogen and oxygen atoms in total. The number of fused-ring (bicyclic) bond motifs is 3. The lowest BCUT2D eigenvalue weighted by atomic mass is 9.85. The first-order chi connectivity index (χ1) is 15.9. The Morgan fingerprint density at radius 1 is 1.21 bits per heavy atom. The van der Waals surface area contributed by atoms with Crippen LogP contribution in [0.3, 0.4) is 0 Å². The number of carbonyl (C=O) groups excluding carboxylic acids is 2. The number of hydrogen-bond acceptors (Lipinski definition) is 4. The molecule has 33 heavy (non-hydrogen) atoms. The van der Waals surface area contributed by atoms with Gasteiger partial charge >= 0.3 is 0 Å². The molecule has 7 heteroatoms. The van der Waals surface area contributed by atoms with Crippen molar-refractivity contribution in [3.63, 3.8) is 0 Å². The van der Waals surface area contributed by atoms with Gasteiger partial charge in [-0.3, -0.25) is 9.59 Å². The summed E-state index contributed by atoms with van der Waals surface area (Å²) >= 11 is 1.62. The van der Waals surface area contributed by atoms with Gasteiger partial charge in [0.05, 0.1) is 23.9 Å². The number of carbonyl (C=O) groups is 2. The van der Waals surface area contributed by atoms with Gasteiger partial charge in [-0.25, -0.2) is 0 Å². The number of nitrogens with one attached hydrogen (secondary N) is 1. The molecule has 0 bridgehead atoms. The lowest BCUT2D eigenvalue weighted by Gasteiger charge is -2.45. The maximum atomic E-state index is 13.9. The van der Waals surface area contributed by atoms with Crippen molar-refractivity contribution in [2.45, 2.75) is 64.2 Å². The van der Waals surface area contributed by atoms with E-state index < -0.39 is 5.54 Å². The molecule has 5 rings (SSSR count). The van der Waals surface area contributed by atoms with Gasteiger partial charge in [-0.2, -0.15) is 0 Å². The second-order valence-corrected chi connectivity index (χ2v) is 10.6. The Morgan fingerprint density at radius 3 is 2.70 bits per heavy atom. The molecule has 0 radical (unpaired) electrons. The number of benzene rings is 1. The zero-order chi connectivity index (χ0) is 23.2. The summed E-state index contributed by atoms with van der Waals surface area (Å²) in [5.41, 5.74) is 1.66. The Labute approximate surface area is 198 Å². The fourth-order valence-corrected chi connectivity index (χ4v) is 6.11. The van der Waals surface area contributed by atoms with Crippen LogP contribution in [0.25, 0.3) is 10.2 Å². The Morgan fingerprint density at radius 2 is 1.97 bits per heavy atom. The maximum Gasteiger partial charge on any atom is 0.271 e. The van der Waals surface area contributed by atoms with Crippen molar-refractivity contribution < 1.29 is 14.3 Å². The zero-order valence-electron chi connectivity index (χ0n) is 19.5. The van der Waals surface area contributed by atoms with Crippen LogP contribution >= 0.6 is 11.3 Å². The molecule has 1 saturated carbocycles. The van der Waals surface area contributed by atoms with Gasteiger partial charge in [-0.15, -0.1) is 11.3 Å². The topological polar surface area (TPSA) is 63.6 Å². The first-order valence-corrected chi connectivity index (χ1v) is 12.6. The molecule has 1 aliphatic carbocycles. The molecular weight excluding hydrogens is 434 g/mol. The van der Waals surface area contributed by atoms with E-state index in [2.05, 4.69) is 12.2 Å². The van der Waals surface area contributed by atoms with Crippen LogP contribution < -0.4 is 10.1 Å². The number of rotatable bonds is 5. The van der Waals surface area contributed by atoms with E-state index in [9.17, 15) is 9.59 Å². The number of methoxy groups -OCH3 is 1. The standard InChI is InChI=1S/C26H31N3O3S/c1-17-6-4-5-7-20(17)27-25(31)26(2)16-28-21-12-13-33-23(21)14-22(28)24(30)29(26)15-18-8-10-19(32-3)11-9-18/h8-14,17,20H,4-7,15-16H2,1-3H3,(H,27,31)/t17-,20+,26+/m0/s1. The van der Waals surface area contributed by atoms with E-state index in [1.54, 1.807) is 23.3 Å². The molecule has 2 aromatic heterocycles. The van der Waals surface area contributed by atoms with Crippen LogP contribution in [-0.4, -0.2) is 40.0 Å². The van der Waals surface area contributed by atoms with Crippen molar-refractivity contribution >= 4 is 33.4 Å². The van der Waals surface area contributed by atoms with Gasteiger partial charge in [0.1, 0.15) is 17.0 Å². The zero-order valence-corrected chi connectivity index (χ0v) is 20.3. The Hall–Kier alpha value is -2.80. The highest BCUT2D eigenvalue weighted by atomic mass is 32.1. The summed E-state index contributed by atoms with van der Waals surface area (Å²) in [7, 11) is 1.64. The maximum absolute atomic E-state index is 13.9. The minimum Gasteiger partial charge on any atom is -0.497 e. The van der Waals surface area contributed by atoms with Crippen molar-refractivity contribution in [3.8, 4) is 5.75 Å². The lowest BCUT2D eigenvalue weighted by Crippen LogP contribution is -2.65. The van der Waals surface area contributed by atoms with Crippen LogP contribution in [-0.2, 0) is 17.9 Å². The van der Waals surface area contributed by atoms with Gasteiger partial charge in [0.25, 0.3) is 5.91 Å². The van der Waals surface area contributed by atoms with Crippen molar-refractivity contribution in [1.29, 1.82) is 0 Å². The van der Waals surface area contributed by atoms with Crippen LogP contribution in [0.15, 0.2) is 41.8 Å². The predicted molar refractivity (Wildman–Crippen MR) is 131 cm³/mol. The summed E-state index contributed by atoms with van der Waals surface area (Å²) in [6.45, 7) is 4.94. The molecule has 1 fully saturated rings. The van der Waals surface area contributed by atoms with E-state index in [0.717, 1.165) is 40.8 Å². The normalized spacial score (nSPS) is 25.2. The Bertz CT molecular complexity index is 1180. The van der Waals surface area contributed by atoms with E-state index in [1.807, 2.05) is 53.3 Å². The number of hydrogen-bond donors (Lipinski definition) is 1. The second-order valence-electron chi connectivity index (χ2n) is 9.64. The molecule has 2 amide bonds. The van der Waals surface area contributed by atoms with E-state index in [4.69, 9.17) is 4.74 Å². The van der Waals surface area contributed by atoms with E-state index in [0.29, 0.717) is 24.7 Å². The van der Waals surface area contributed by atoms with E-state index in [-0.39, 0.29) is 17.9 Å². The summed E-state index contributed by atoms with van der Waals surface area (Å²) in [4.78, 5) is 29.4. The second kappa shape index (κ2) is 8.52. The van der Waals surface area contributed by atoms with E-state index >= 15 is 0 Å². The largest absolute Gasteiger partial charge is 0.497 e. The molecule has 1 N–H and O–H groups in total. The fraction of sp³-hybridized carbons (Fsp3) is 0.462. The molecule has 3 heterocycles. The van der Waals surface area contributed by atoms with Gasteiger partial charge in [-0.1, -0.05) is 31.9 Å². The SMILES string of the molecule is COc1ccc(CN2C(=O)c3cc4sccc4n3C[C@]2(C)C(=O)N[C@@H]2CCCC[C@@H]2C)cc1. The average Bonchev–Trinajstić information content (AvgIpc) is 3.41. The molecule has 0 spiro atoms. The van der Waals surface area contributed by atoms with Crippen molar-refractivity contribution in [1.82, 2.24) is 14.8 Å². The number of amides is 2. The minimum absolute atomic E-state index is 0.0640. The molecule has 1 aliphatic heterocycles. The molecule has 174 valence electrons. The van der Waals surface area contributed by atoms with Crippen molar-refractivity contribution in [2.75, 3.05) is 7.11 Å². The summed E-state index contributed by atoms with van der Waals surface area (Å²) in [5.74, 6) is 1.05. The fourth-order valence-electron chi connectivity index (χ4n) is 5.29. The van der Waals surface area contributed by atoms with Gasteiger partial charge in [-0.05, 0) is 60.9 Å². The number of ether oxygens (including phenoxy) is 1. The van der Waals surface area contributed by atoms with Gasteiger partial charge < -0.3 is 19.5 Å². The smallest absolute Gasteiger partial charge is 0.271 e. The third-order valence-corrected chi connectivity index (χ3v) is 8.32. The van der Waals surface area contributed by atoms with Crippen LogP contribution in [0.1, 0.15) is 55.6 Å². The Balaban J connectivity index is 1.51. The summed E-state index contributed by atoms with van der Waals surface area (Å²) < 4.78 is 8.39. The monoisotopic (exact) mass is 465 g/mol. The number of nitrogens with zero attached hydrogens (tertiary/aromatic N) is 2. The number of thiophene rings is 1. The molecule has 0 saturated heterocycles. The molecule has 1 aromatic carbocycles. The van der Waals surface area contributed by atoms with E-state index in [1.165, 1.54) is 6.42 Å². The summed E-state index contributed by atoms with van der Waals surface area (Å²) in [6.07, 6.45) is 4.49. The third-order valence-electron chi connectivity index (χ3n) is 7.47. The lowest BCUT2D eigenvalue weighted by molar-refractivity contribution is -0.134. The first kappa shape index (κ1) is 22.0. The highest BCUT2D eigenvalue weighted by Gasteiger charge is 2.48. The summed E-state index contributed by atoms with van der Waals surface area (Å²) in [6, 6.07) is 11.9. The number of aromatic nitrogens is 1. The highest BCUT2D eigenvalue weighted by Crippen LogP contribution is 2.36. The highest BCUT2D eigenvalue weighted by molar-refractivity contribution is 7.17. The summed E-state index contributed by atoms with van der Waals surface area (Å²) in [5, 5.41) is 5.37. The van der Waals surface area contributed by atoms with Gasteiger partial charge in [0.15, 0.2) is 0 Å². The van der Waals surface area contributed by atoms with Crippen molar-refractivity contribution in [3.05, 3.63) is 53.0 Å². The van der Waals surface area contributed by atoms with Crippen LogP contribution in [0.4, 0.5) is 0 Å². The Kier molecular flexibility index (Phi) is 5.69. The minimum atomic E-state index is -0.991. The van der Waals surface area contributed by atoms with Gasteiger partial charge in [0.2, 0.25) is 5.91 Å². The van der Waals surface area contributed by atoms with Crippen LogP contribution in [0.2, 0.25) is 0 Å². The molecule has 2 aliphatic rings. The quantitative estimate of drug-likeness (QED) is 0.588.